The number of hydrogen-bond acceptors (Lipinski definition) is 4. The van der Waals surface area contributed by atoms with Crippen LogP contribution in [-0.2, 0) is 16.6 Å². The summed E-state index contributed by atoms with van der Waals surface area (Å²) >= 11 is 1.41. The lowest BCUT2D eigenvalue weighted by Gasteiger charge is -2.17. The van der Waals surface area contributed by atoms with Gasteiger partial charge in [0.1, 0.15) is 16.7 Å². The van der Waals surface area contributed by atoms with E-state index >= 15 is 0 Å². The Balaban J connectivity index is 1.73. The van der Waals surface area contributed by atoms with Crippen molar-refractivity contribution in [2.24, 2.45) is 0 Å². The van der Waals surface area contributed by atoms with E-state index in [2.05, 4.69) is 37.1 Å². The van der Waals surface area contributed by atoms with Crippen molar-refractivity contribution in [1.29, 1.82) is 5.26 Å². The van der Waals surface area contributed by atoms with Gasteiger partial charge >= 0.3 is 0 Å². The first-order chi connectivity index (χ1) is 12.3. The minimum atomic E-state index is -0.127. The van der Waals surface area contributed by atoms with Crippen LogP contribution in [0.1, 0.15) is 49.7 Å². The zero-order valence-corrected chi connectivity index (χ0v) is 16.3. The maximum absolute atomic E-state index is 12.4. The van der Waals surface area contributed by atoms with Gasteiger partial charge in [-0.1, -0.05) is 26.8 Å². The van der Waals surface area contributed by atoms with Crippen LogP contribution in [0.2, 0.25) is 0 Å². The van der Waals surface area contributed by atoms with Crippen molar-refractivity contribution in [3.8, 4) is 6.07 Å². The SMILES string of the molecule is Cc1nc2ccccn2c1CCC(=O)Nc1scc(C(C)(C)C)c1C#N. The normalized spacial score (nSPS) is 11.5. The number of nitrogens with zero attached hydrogens (tertiary/aromatic N) is 3. The third-order valence-corrected chi connectivity index (χ3v) is 5.28. The van der Waals surface area contributed by atoms with Crippen LogP contribution in [0.3, 0.4) is 0 Å². The van der Waals surface area contributed by atoms with E-state index < -0.39 is 0 Å². The monoisotopic (exact) mass is 366 g/mol. The van der Waals surface area contributed by atoms with Gasteiger partial charge in [0.15, 0.2) is 0 Å². The Bertz CT molecular complexity index is 1000. The molecule has 0 atom stereocenters. The number of imidazole rings is 1. The molecule has 3 rings (SSSR count). The molecule has 26 heavy (non-hydrogen) atoms. The van der Waals surface area contributed by atoms with Gasteiger partial charge in [0, 0.05) is 18.3 Å². The zero-order chi connectivity index (χ0) is 18.9. The highest BCUT2D eigenvalue weighted by Gasteiger charge is 2.23. The molecule has 0 aliphatic rings. The molecule has 3 aromatic rings. The largest absolute Gasteiger partial charge is 0.317 e. The topological polar surface area (TPSA) is 70.2 Å². The minimum Gasteiger partial charge on any atom is -0.317 e. The Kier molecular flexibility index (Phi) is 4.84. The number of carbonyl (C=O) groups is 1. The third kappa shape index (κ3) is 3.49. The molecule has 0 saturated carbocycles. The molecule has 0 saturated heterocycles. The van der Waals surface area contributed by atoms with Crippen LogP contribution in [-0.4, -0.2) is 15.3 Å². The van der Waals surface area contributed by atoms with E-state index in [0.717, 1.165) is 22.6 Å². The highest BCUT2D eigenvalue weighted by molar-refractivity contribution is 7.14. The number of nitriles is 1. The molecule has 0 aliphatic heterocycles. The molecular formula is C20H22N4OS. The fourth-order valence-corrected chi connectivity index (χ4v) is 4.15. The molecule has 0 aromatic carbocycles. The second-order valence-corrected chi connectivity index (χ2v) is 8.22. The molecule has 1 amide bonds. The van der Waals surface area contributed by atoms with Gasteiger partial charge in [0.05, 0.1) is 11.3 Å². The van der Waals surface area contributed by atoms with Crippen molar-refractivity contribution >= 4 is 27.9 Å². The van der Waals surface area contributed by atoms with E-state index in [-0.39, 0.29) is 11.3 Å². The molecule has 0 fully saturated rings. The molecule has 0 aliphatic carbocycles. The molecule has 134 valence electrons. The number of fused-ring (bicyclic) bond motifs is 1. The highest BCUT2D eigenvalue weighted by Crippen LogP contribution is 2.35. The summed E-state index contributed by atoms with van der Waals surface area (Å²) in [4.78, 5) is 17.0. The van der Waals surface area contributed by atoms with Gasteiger partial charge in [-0.05, 0) is 41.8 Å². The smallest absolute Gasteiger partial charge is 0.225 e. The summed E-state index contributed by atoms with van der Waals surface area (Å²) in [5.74, 6) is -0.0888. The van der Waals surface area contributed by atoms with E-state index in [4.69, 9.17) is 0 Å². The average molecular weight is 366 g/mol. The Morgan fingerprint density at radius 3 is 2.85 bits per heavy atom. The van der Waals surface area contributed by atoms with Gasteiger partial charge in [-0.3, -0.25) is 4.79 Å². The maximum Gasteiger partial charge on any atom is 0.225 e. The highest BCUT2D eigenvalue weighted by atomic mass is 32.1. The summed E-state index contributed by atoms with van der Waals surface area (Å²) in [7, 11) is 0. The predicted octanol–water partition coefficient (Wildman–Crippen LogP) is 4.44. The van der Waals surface area contributed by atoms with Gasteiger partial charge in [0.2, 0.25) is 5.91 Å². The quantitative estimate of drug-likeness (QED) is 0.742. The number of rotatable bonds is 4. The standard InChI is InChI=1S/C20H22N4OS/c1-13-16(24-10-6-5-7-17(24)22-13)8-9-18(25)23-19-14(11-21)15(12-26-19)20(2,3)4/h5-7,10,12H,8-9H2,1-4H3,(H,23,25). The van der Waals surface area contributed by atoms with Crippen molar-refractivity contribution in [3.05, 3.63) is 52.3 Å². The summed E-state index contributed by atoms with van der Waals surface area (Å²) in [6, 6.07) is 8.10. The molecule has 3 aromatic heterocycles. The van der Waals surface area contributed by atoms with Crippen molar-refractivity contribution in [2.75, 3.05) is 5.32 Å². The number of carbonyl (C=O) groups excluding carboxylic acids is 1. The van der Waals surface area contributed by atoms with E-state index in [0.29, 0.717) is 23.4 Å². The van der Waals surface area contributed by atoms with Crippen LogP contribution in [0.15, 0.2) is 29.8 Å². The molecule has 0 unspecified atom stereocenters. The maximum atomic E-state index is 12.4. The molecule has 6 heteroatoms. The average Bonchev–Trinajstić information content (AvgIpc) is 3.12. The third-order valence-electron chi connectivity index (χ3n) is 4.38. The van der Waals surface area contributed by atoms with Crippen LogP contribution in [0.4, 0.5) is 5.00 Å². The number of thiophene rings is 1. The summed E-state index contributed by atoms with van der Waals surface area (Å²) in [6.45, 7) is 8.15. The number of amides is 1. The van der Waals surface area contributed by atoms with Crippen molar-refractivity contribution in [3.63, 3.8) is 0 Å². The first-order valence-corrected chi connectivity index (χ1v) is 9.43. The summed E-state index contributed by atoms with van der Waals surface area (Å²) in [5.41, 5.74) is 4.28. The van der Waals surface area contributed by atoms with Gasteiger partial charge in [0.25, 0.3) is 0 Å². The van der Waals surface area contributed by atoms with Gasteiger partial charge in [-0.25, -0.2) is 4.98 Å². The Morgan fingerprint density at radius 1 is 1.38 bits per heavy atom. The molecule has 1 N–H and O–H groups in total. The van der Waals surface area contributed by atoms with Crippen LogP contribution in [0.5, 0.6) is 0 Å². The van der Waals surface area contributed by atoms with E-state index in [1.807, 2.05) is 41.1 Å². The fraction of sp³-hybridized carbons (Fsp3) is 0.350. The second kappa shape index (κ2) is 6.93. The second-order valence-electron chi connectivity index (χ2n) is 7.34. The van der Waals surface area contributed by atoms with Crippen LogP contribution in [0.25, 0.3) is 5.65 Å². The molecular weight excluding hydrogens is 344 g/mol. The Morgan fingerprint density at radius 2 is 2.15 bits per heavy atom. The van der Waals surface area contributed by atoms with E-state index in [9.17, 15) is 10.1 Å². The lowest BCUT2D eigenvalue weighted by Crippen LogP contribution is -2.15. The summed E-state index contributed by atoms with van der Waals surface area (Å²) < 4.78 is 2.02. The van der Waals surface area contributed by atoms with Crippen LogP contribution < -0.4 is 5.32 Å². The number of nitrogens with one attached hydrogen (secondary N) is 1. The Labute approximate surface area is 157 Å². The molecule has 3 heterocycles. The van der Waals surface area contributed by atoms with Crippen molar-refractivity contribution in [1.82, 2.24) is 9.38 Å². The lowest BCUT2D eigenvalue weighted by molar-refractivity contribution is -0.116. The summed E-state index contributed by atoms with van der Waals surface area (Å²) in [5, 5.41) is 15.0. The molecule has 0 spiro atoms. The van der Waals surface area contributed by atoms with Gasteiger partial charge in [-0.15, -0.1) is 11.3 Å². The fourth-order valence-electron chi connectivity index (χ4n) is 3.00. The number of hydrogen-bond donors (Lipinski definition) is 1. The molecule has 0 bridgehead atoms. The van der Waals surface area contributed by atoms with Crippen molar-refractivity contribution in [2.45, 2.75) is 46.0 Å². The molecule has 5 nitrogen and oxygen atoms in total. The Hall–Kier alpha value is -2.65. The number of aryl methyl sites for hydroxylation is 2. The van der Waals surface area contributed by atoms with E-state index in [1.165, 1.54) is 11.3 Å². The molecule has 0 radical (unpaired) electrons. The number of aromatic nitrogens is 2. The first-order valence-electron chi connectivity index (χ1n) is 8.55. The number of pyridine rings is 1. The summed E-state index contributed by atoms with van der Waals surface area (Å²) in [6.07, 6.45) is 2.91. The number of anilines is 1. The van der Waals surface area contributed by atoms with E-state index in [1.54, 1.807) is 0 Å². The van der Waals surface area contributed by atoms with Crippen LogP contribution >= 0.6 is 11.3 Å². The first kappa shape index (κ1) is 18.2. The van der Waals surface area contributed by atoms with Crippen molar-refractivity contribution < 1.29 is 4.79 Å². The van der Waals surface area contributed by atoms with Gasteiger partial charge < -0.3 is 9.72 Å². The van der Waals surface area contributed by atoms with Crippen LogP contribution in [0, 0.1) is 18.3 Å². The van der Waals surface area contributed by atoms with Gasteiger partial charge in [-0.2, -0.15) is 5.26 Å². The predicted molar refractivity (Wildman–Crippen MR) is 105 cm³/mol. The zero-order valence-electron chi connectivity index (χ0n) is 15.5. The minimum absolute atomic E-state index is 0.0888. The lowest BCUT2D eigenvalue weighted by atomic mass is 9.86.